The number of sulfonamides is 1. The summed E-state index contributed by atoms with van der Waals surface area (Å²) < 4.78 is 34.8. The monoisotopic (exact) mass is 530 g/mol. The molecule has 8 nitrogen and oxygen atoms in total. The average molecular weight is 531 g/mol. The Morgan fingerprint density at radius 1 is 1.03 bits per heavy atom. The molecular weight excluding hydrogens is 508 g/mol. The molecule has 1 saturated heterocycles. The van der Waals surface area contributed by atoms with Crippen LogP contribution in [0.25, 0.3) is 0 Å². The molecule has 0 atom stereocenters. The van der Waals surface area contributed by atoms with E-state index in [1.807, 2.05) is 18.2 Å². The van der Waals surface area contributed by atoms with Gasteiger partial charge in [0.15, 0.2) is 0 Å². The predicted molar refractivity (Wildman–Crippen MR) is 130 cm³/mol. The van der Waals surface area contributed by atoms with Crippen molar-refractivity contribution < 1.29 is 17.9 Å². The summed E-state index contributed by atoms with van der Waals surface area (Å²) in [5.41, 5.74) is 0.695. The molecular formula is C23H23BrN4O4S. The Morgan fingerprint density at radius 2 is 1.76 bits per heavy atom. The average Bonchev–Trinajstić information content (AvgIpc) is 2.85. The van der Waals surface area contributed by atoms with Gasteiger partial charge in [-0.3, -0.25) is 9.52 Å². The van der Waals surface area contributed by atoms with Crippen LogP contribution in [0.5, 0.6) is 5.75 Å². The third kappa shape index (κ3) is 5.28. The van der Waals surface area contributed by atoms with Crippen LogP contribution >= 0.6 is 15.9 Å². The highest BCUT2D eigenvalue weighted by Gasteiger charge is 2.26. The van der Waals surface area contributed by atoms with Crippen molar-refractivity contribution in [2.45, 2.75) is 4.90 Å². The number of nitrogens with one attached hydrogen (secondary N) is 1. The summed E-state index contributed by atoms with van der Waals surface area (Å²) in [6, 6.07) is 17.0. The lowest BCUT2D eigenvalue weighted by molar-refractivity contribution is 0.0746. The van der Waals surface area contributed by atoms with E-state index in [4.69, 9.17) is 4.74 Å². The minimum atomic E-state index is -3.98. The molecule has 0 unspecified atom stereocenters. The summed E-state index contributed by atoms with van der Waals surface area (Å²) in [5.74, 6) is 0.816. The highest BCUT2D eigenvalue weighted by Crippen LogP contribution is 2.28. The molecule has 1 aliphatic rings. The summed E-state index contributed by atoms with van der Waals surface area (Å²) in [7, 11) is -2.58. The van der Waals surface area contributed by atoms with Gasteiger partial charge in [0, 0.05) is 48.1 Å². The number of halogens is 1. The molecule has 4 rings (SSSR count). The Labute approximate surface area is 201 Å². The van der Waals surface area contributed by atoms with Gasteiger partial charge in [-0.25, -0.2) is 13.4 Å². The van der Waals surface area contributed by atoms with E-state index in [1.54, 1.807) is 41.4 Å². The second-order valence-electron chi connectivity index (χ2n) is 7.45. The van der Waals surface area contributed by atoms with Gasteiger partial charge in [0.1, 0.15) is 16.5 Å². The number of ether oxygens (including phenoxy) is 1. The molecule has 2 heterocycles. The molecule has 1 aliphatic heterocycles. The third-order valence-corrected chi connectivity index (χ3v) is 7.27. The second-order valence-corrected chi connectivity index (χ2v) is 10.0. The van der Waals surface area contributed by atoms with E-state index in [1.165, 1.54) is 19.2 Å². The first-order valence-electron chi connectivity index (χ1n) is 10.3. The lowest BCUT2D eigenvalue weighted by Crippen LogP contribution is -2.49. The fourth-order valence-electron chi connectivity index (χ4n) is 3.61. The topological polar surface area (TPSA) is 91.8 Å². The number of methoxy groups -OCH3 is 1. The maximum Gasteiger partial charge on any atom is 0.265 e. The largest absolute Gasteiger partial charge is 0.495 e. The van der Waals surface area contributed by atoms with Crippen LogP contribution in [0.15, 0.2) is 76.2 Å². The van der Waals surface area contributed by atoms with Crippen LogP contribution in [0.2, 0.25) is 0 Å². The van der Waals surface area contributed by atoms with Crippen molar-refractivity contribution in [3.63, 3.8) is 0 Å². The molecule has 0 aliphatic carbocycles. The van der Waals surface area contributed by atoms with E-state index < -0.39 is 10.0 Å². The molecule has 0 saturated carbocycles. The maximum absolute atomic E-state index is 13.1. The van der Waals surface area contributed by atoms with Crippen LogP contribution < -0.4 is 14.4 Å². The van der Waals surface area contributed by atoms with Crippen LogP contribution in [0.3, 0.4) is 0 Å². The number of rotatable bonds is 6. The quantitative estimate of drug-likeness (QED) is 0.523. The Hall–Kier alpha value is -3.11. The lowest BCUT2D eigenvalue weighted by Gasteiger charge is -2.35. The minimum absolute atomic E-state index is 0.0918. The highest BCUT2D eigenvalue weighted by molar-refractivity contribution is 9.10. The fourth-order valence-corrected chi connectivity index (χ4v) is 5.13. The Kier molecular flexibility index (Phi) is 6.85. The van der Waals surface area contributed by atoms with Crippen molar-refractivity contribution in [2.75, 3.05) is 42.9 Å². The first-order chi connectivity index (χ1) is 15.9. The van der Waals surface area contributed by atoms with Crippen LogP contribution in [0.1, 0.15) is 10.4 Å². The van der Waals surface area contributed by atoms with E-state index >= 15 is 0 Å². The van der Waals surface area contributed by atoms with E-state index in [9.17, 15) is 13.2 Å². The number of piperazine rings is 1. The zero-order valence-electron chi connectivity index (χ0n) is 17.9. The summed E-state index contributed by atoms with van der Waals surface area (Å²) in [6.45, 7) is 2.33. The van der Waals surface area contributed by atoms with E-state index in [2.05, 4.69) is 30.5 Å². The highest BCUT2D eigenvalue weighted by atomic mass is 79.9. The van der Waals surface area contributed by atoms with Gasteiger partial charge in [-0.05, 0) is 54.6 Å². The zero-order chi connectivity index (χ0) is 23.4. The molecule has 2 aromatic carbocycles. The van der Waals surface area contributed by atoms with E-state index in [0.29, 0.717) is 37.4 Å². The molecule has 1 N–H and O–H groups in total. The number of anilines is 2. The lowest BCUT2D eigenvalue weighted by atomic mass is 10.1. The summed E-state index contributed by atoms with van der Waals surface area (Å²) in [6.07, 6.45) is 1.74. The van der Waals surface area contributed by atoms with Gasteiger partial charge in [0.2, 0.25) is 0 Å². The molecule has 0 radical (unpaired) electrons. The summed E-state index contributed by atoms with van der Waals surface area (Å²) in [5, 5.41) is 0. The van der Waals surface area contributed by atoms with Crippen molar-refractivity contribution in [3.05, 3.63) is 76.9 Å². The minimum Gasteiger partial charge on any atom is -0.495 e. The SMILES string of the molecule is COc1ccc(C(=O)N2CCN(c3ccccn3)CC2)cc1S(=O)(=O)Nc1ccc(Br)cc1. The maximum atomic E-state index is 13.1. The Balaban J connectivity index is 1.52. The molecule has 172 valence electrons. The van der Waals surface area contributed by atoms with Crippen molar-refractivity contribution in [1.29, 1.82) is 0 Å². The molecule has 10 heteroatoms. The summed E-state index contributed by atoms with van der Waals surface area (Å²) >= 11 is 3.33. The normalized spacial score (nSPS) is 14.1. The standard InChI is InChI=1S/C23H23BrN4O4S/c1-32-20-10-5-17(16-21(20)33(30,31)26-19-8-6-18(24)7-9-19)23(29)28-14-12-27(13-15-28)22-4-2-3-11-25-22/h2-11,16,26H,12-15H2,1H3. The smallest absolute Gasteiger partial charge is 0.265 e. The first kappa shape index (κ1) is 23.1. The molecule has 1 fully saturated rings. The fraction of sp³-hybridized carbons (Fsp3) is 0.217. The van der Waals surface area contributed by atoms with Crippen molar-refractivity contribution >= 4 is 43.4 Å². The molecule has 1 amide bonds. The third-order valence-electron chi connectivity index (χ3n) is 5.34. The van der Waals surface area contributed by atoms with Gasteiger partial charge in [-0.1, -0.05) is 22.0 Å². The predicted octanol–water partition coefficient (Wildman–Crippen LogP) is 3.62. The Morgan fingerprint density at radius 3 is 2.39 bits per heavy atom. The van der Waals surface area contributed by atoms with E-state index in [0.717, 1.165) is 10.3 Å². The van der Waals surface area contributed by atoms with Crippen LogP contribution in [0, 0.1) is 0 Å². The van der Waals surface area contributed by atoms with Crippen LogP contribution in [-0.2, 0) is 10.0 Å². The van der Waals surface area contributed by atoms with Crippen LogP contribution in [-0.4, -0.2) is 57.5 Å². The number of carbonyl (C=O) groups excluding carboxylic acids is 1. The van der Waals surface area contributed by atoms with Gasteiger partial charge < -0.3 is 14.5 Å². The van der Waals surface area contributed by atoms with Gasteiger partial charge in [0.05, 0.1) is 7.11 Å². The van der Waals surface area contributed by atoms with Gasteiger partial charge in [0.25, 0.3) is 15.9 Å². The molecule has 33 heavy (non-hydrogen) atoms. The molecule has 1 aromatic heterocycles. The number of pyridine rings is 1. The van der Waals surface area contributed by atoms with E-state index in [-0.39, 0.29) is 16.6 Å². The molecule has 3 aromatic rings. The van der Waals surface area contributed by atoms with Gasteiger partial charge in [-0.15, -0.1) is 0 Å². The number of nitrogens with zero attached hydrogens (tertiary/aromatic N) is 3. The number of hydrogen-bond donors (Lipinski definition) is 1. The number of aromatic nitrogens is 1. The number of hydrogen-bond acceptors (Lipinski definition) is 6. The first-order valence-corrected chi connectivity index (χ1v) is 12.6. The van der Waals surface area contributed by atoms with Crippen molar-refractivity contribution in [3.8, 4) is 5.75 Å². The summed E-state index contributed by atoms with van der Waals surface area (Å²) in [4.78, 5) is 21.3. The molecule has 0 bridgehead atoms. The van der Waals surface area contributed by atoms with Gasteiger partial charge >= 0.3 is 0 Å². The number of benzene rings is 2. The number of amides is 1. The number of carbonyl (C=O) groups is 1. The zero-order valence-corrected chi connectivity index (χ0v) is 20.3. The second kappa shape index (κ2) is 9.80. The van der Waals surface area contributed by atoms with Crippen molar-refractivity contribution in [1.82, 2.24) is 9.88 Å². The van der Waals surface area contributed by atoms with Crippen LogP contribution in [0.4, 0.5) is 11.5 Å². The van der Waals surface area contributed by atoms with Gasteiger partial charge in [-0.2, -0.15) is 0 Å². The molecule has 0 spiro atoms. The Bertz CT molecular complexity index is 1230. The van der Waals surface area contributed by atoms with Crippen molar-refractivity contribution in [2.24, 2.45) is 0 Å².